The van der Waals surface area contributed by atoms with Gasteiger partial charge in [0.1, 0.15) is 11.5 Å². The minimum Gasteiger partial charge on any atom is -0.497 e. The molecular formula is C24H27N3O5. The van der Waals surface area contributed by atoms with Gasteiger partial charge in [0.05, 0.1) is 32.7 Å². The molecule has 3 aromatic rings. The molecule has 0 bridgehead atoms. The topological polar surface area (TPSA) is 91.7 Å². The predicted molar refractivity (Wildman–Crippen MR) is 121 cm³/mol. The van der Waals surface area contributed by atoms with Crippen molar-refractivity contribution in [3.63, 3.8) is 0 Å². The number of amides is 1. The predicted octanol–water partition coefficient (Wildman–Crippen LogP) is 3.86. The van der Waals surface area contributed by atoms with Crippen molar-refractivity contribution in [2.45, 2.75) is 26.7 Å². The maximum atomic E-state index is 12.7. The first-order valence-corrected chi connectivity index (χ1v) is 10.1. The average molecular weight is 437 g/mol. The first-order valence-electron chi connectivity index (χ1n) is 10.1. The molecule has 0 aliphatic rings. The molecule has 0 fully saturated rings. The second-order valence-electron chi connectivity index (χ2n) is 7.24. The molecule has 0 aliphatic carbocycles. The molecule has 0 unspecified atom stereocenters. The Balaban J connectivity index is 1.77. The summed E-state index contributed by atoms with van der Waals surface area (Å²) in [6, 6.07) is 12.3. The van der Waals surface area contributed by atoms with Crippen LogP contribution < -0.4 is 14.8 Å². The summed E-state index contributed by atoms with van der Waals surface area (Å²) in [5, 5.41) is 7.46. The van der Waals surface area contributed by atoms with Gasteiger partial charge in [0.2, 0.25) is 0 Å². The standard InChI is InChI=1S/C24H27N3O5/c1-15-22(10-11-23(28)32-5)16(2)27(26-15)19-8-6-17(7-9-19)24(29)25-18-12-20(30-3)14-21(13-18)31-4/h6-9,12-14H,10-11H2,1-5H3,(H,25,29). The molecule has 0 aliphatic heterocycles. The average Bonchev–Trinajstić information content (AvgIpc) is 3.10. The second-order valence-corrected chi connectivity index (χ2v) is 7.24. The van der Waals surface area contributed by atoms with E-state index in [2.05, 4.69) is 10.4 Å². The first kappa shape index (κ1) is 22.9. The van der Waals surface area contributed by atoms with Gasteiger partial charge in [0, 0.05) is 41.6 Å². The molecular weight excluding hydrogens is 410 g/mol. The van der Waals surface area contributed by atoms with Crippen LogP contribution in [0.1, 0.15) is 33.7 Å². The maximum Gasteiger partial charge on any atom is 0.305 e. The molecule has 2 aromatic carbocycles. The molecule has 32 heavy (non-hydrogen) atoms. The van der Waals surface area contributed by atoms with Gasteiger partial charge in [-0.3, -0.25) is 9.59 Å². The molecule has 1 heterocycles. The maximum absolute atomic E-state index is 12.7. The lowest BCUT2D eigenvalue weighted by Gasteiger charge is -2.10. The number of carbonyl (C=O) groups is 2. The Morgan fingerprint density at radius 2 is 1.59 bits per heavy atom. The lowest BCUT2D eigenvalue weighted by atomic mass is 10.1. The van der Waals surface area contributed by atoms with Gasteiger partial charge < -0.3 is 19.5 Å². The third kappa shape index (κ3) is 5.08. The Morgan fingerprint density at radius 1 is 0.969 bits per heavy atom. The number of rotatable bonds is 8. The summed E-state index contributed by atoms with van der Waals surface area (Å²) in [4.78, 5) is 24.2. The zero-order chi connectivity index (χ0) is 23.3. The van der Waals surface area contributed by atoms with E-state index >= 15 is 0 Å². The van der Waals surface area contributed by atoms with Crippen molar-refractivity contribution in [1.29, 1.82) is 0 Å². The third-order valence-electron chi connectivity index (χ3n) is 5.23. The Morgan fingerprint density at radius 3 is 2.16 bits per heavy atom. The highest BCUT2D eigenvalue weighted by Gasteiger charge is 2.15. The van der Waals surface area contributed by atoms with Crippen molar-refractivity contribution in [1.82, 2.24) is 9.78 Å². The van der Waals surface area contributed by atoms with Gasteiger partial charge in [-0.2, -0.15) is 5.10 Å². The van der Waals surface area contributed by atoms with Crippen molar-refractivity contribution in [2.24, 2.45) is 0 Å². The number of methoxy groups -OCH3 is 3. The minimum absolute atomic E-state index is 0.249. The Kier molecular flexibility index (Phi) is 7.14. The number of esters is 1. The van der Waals surface area contributed by atoms with Gasteiger partial charge in [-0.1, -0.05) is 0 Å². The normalized spacial score (nSPS) is 10.5. The molecule has 3 rings (SSSR count). The lowest BCUT2D eigenvalue weighted by molar-refractivity contribution is -0.140. The molecule has 8 nitrogen and oxygen atoms in total. The smallest absolute Gasteiger partial charge is 0.305 e. The van der Waals surface area contributed by atoms with Crippen LogP contribution in [-0.4, -0.2) is 43.0 Å². The molecule has 0 saturated carbocycles. The van der Waals surface area contributed by atoms with Crippen LogP contribution in [0.2, 0.25) is 0 Å². The van der Waals surface area contributed by atoms with E-state index in [0.29, 0.717) is 35.6 Å². The third-order valence-corrected chi connectivity index (χ3v) is 5.23. The van der Waals surface area contributed by atoms with Crippen molar-refractivity contribution in [3.05, 3.63) is 65.0 Å². The number of aromatic nitrogens is 2. The van der Waals surface area contributed by atoms with Crippen molar-refractivity contribution in [2.75, 3.05) is 26.6 Å². The largest absolute Gasteiger partial charge is 0.497 e. The number of nitrogens with zero attached hydrogens (tertiary/aromatic N) is 2. The fraction of sp³-hybridized carbons (Fsp3) is 0.292. The highest BCUT2D eigenvalue weighted by molar-refractivity contribution is 6.04. The Bertz CT molecular complexity index is 1100. The SMILES string of the molecule is COC(=O)CCc1c(C)nn(-c2ccc(C(=O)Nc3cc(OC)cc(OC)c3)cc2)c1C. The highest BCUT2D eigenvalue weighted by atomic mass is 16.5. The van der Waals surface area contributed by atoms with E-state index in [1.807, 2.05) is 30.7 Å². The minimum atomic E-state index is -0.251. The second kappa shape index (κ2) is 10.00. The fourth-order valence-electron chi connectivity index (χ4n) is 3.45. The highest BCUT2D eigenvalue weighted by Crippen LogP contribution is 2.26. The monoisotopic (exact) mass is 437 g/mol. The van der Waals surface area contributed by atoms with Gasteiger partial charge in [-0.25, -0.2) is 4.68 Å². The zero-order valence-corrected chi connectivity index (χ0v) is 18.9. The van der Waals surface area contributed by atoms with E-state index < -0.39 is 0 Å². The summed E-state index contributed by atoms with van der Waals surface area (Å²) < 4.78 is 17.0. The van der Waals surface area contributed by atoms with Gasteiger partial charge in [-0.05, 0) is 50.1 Å². The van der Waals surface area contributed by atoms with Crippen molar-refractivity contribution >= 4 is 17.6 Å². The summed E-state index contributed by atoms with van der Waals surface area (Å²) in [6.45, 7) is 3.88. The Labute approximate surface area is 187 Å². The molecule has 0 saturated heterocycles. The van der Waals surface area contributed by atoms with Gasteiger partial charge in [-0.15, -0.1) is 0 Å². The number of benzene rings is 2. The van der Waals surface area contributed by atoms with Gasteiger partial charge in [0.15, 0.2) is 0 Å². The molecule has 1 aromatic heterocycles. The van der Waals surface area contributed by atoms with E-state index in [1.165, 1.54) is 7.11 Å². The van der Waals surface area contributed by atoms with Crippen LogP contribution in [0.3, 0.4) is 0 Å². The van der Waals surface area contributed by atoms with Crippen LogP contribution in [0.15, 0.2) is 42.5 Å². The van der Waals surface area contributed by atoms with E-state index in [4.69, 9.17) is 14.2 Å². The summed E-state index contributed by atoms with van der Waals surface area (Å²) in [5.74, 6) is 0.671. The molecule has 8 heteroatoms. The van der Waals surface area contributed by atoms with E-state index in [0.717, 1.165) is 22.6 Å². The first-order chi connectivity index (χ1) is 15.4. The Hall–Kier alpha value is -3.81. The summed E-state index contributed by atoms with van der Waals surface area (Å²) in [5.41, 5.74) is 4.73. The number of nitrogens with one attached hydrogen (secondary N) is 1. The molecule has 1 amide bonds. The van der Waals surface area contributed by atoms with E-state index in [-0.39, 0.29) is 11.9 Å². The van der Waals surface area contributed by atoms with Crippen molar-refractivity contribution < 1.29 is 23.8 Å². The molecule has 1 N–H and O–H groups in total. The lowest BCUT2D eigenvalue weighted by Crippen LogP contribution is -2.12. The number of ether oxygens (including phenoxy) is 3. The van der Waals surface area contributed by atoms with Crippen LogP contribution in [0.25, 0.3) is 5.69 Å². The zero-order valence-electron chi connectivity index (χ0n) is 18.9. The van der Waals surface area contributed by atoms with Gasteiger partial charge in [0.25, 0.3) is 5.91 Å². The number of hydrogen-bond acceptors (Lipinski definition) is 6. The van der Waals surface area contributed by atoms with Crippen LogP contribution in [0.5, 0.6) is 11.5 Å². The van der Waals surface area contributed by atoms with Gasteiger partial charge >= 0.3 is 5.97 Å². The number of hydrogen-bond donors (Lipinski definition) is 1. The van der Waals surface area contributed by atoms with Crippen LogP contribution in [0.4, 0.5) is 5.69 Å². The molecule has 0 atom stereocenters. The number of anilines is 1. The van der Waals surface area contributed by atoms with Crippen molar-refractivity contribution in [3.8, 4) is 17.2 Å². The van der Waals surface area contributed by atoms with E-state index in [9.17, 15) is 9.59 Å². The van der Waals surface area contributed by atoms with E-state index in [1.54, 1.807) is 44.6 Å². The number of carbonyl (C=O) groups excluding carboxylic acids is 2. The quantitative estimate of drug-likeness (QED) is 0.538. The van der Waals surface area contributed by atoms with Crippen LogP contribution in [0, 0.1) is 13.8 Å². The fourth-order valence-corrected chi connectivity index (χ4v) is 3.45. The summed E-state index contributed by atoms with van der Waals surface area (Å²) in [7, 11) is 4.49. The molecule has 168 valence electrons. The van der Waals surface area contributed by atoms with Crippen LogP contribution >= 0.6 is 0 Å². The van der Waals surface area contributed by atoms with Crippen LogP contribution in [-0.2, 0) is 16.0 Å². The molecule has 0 spiro atoms. The summed E-state index contributed by atoms with van der Waals surface area (Å²) in [6.07, 6.45) is 0.868. The number of aryl methyl sites for hydroxylation is 1. The summed E-state index contributed by atoms with van der Waals surface area (Å²) >= 11 is 0. The molecule has 0 radical (unpaired) electrons.